The standard InChI is InChI=1S/C22H22N2O5S/c1-29-19-12-14-20(15-13-19)30(27,28)24(16-17-8-4-2-5-9-17)21(22(25)23-26)18-10-6-3-7-11-18/h2-15,21,26H,16H2,1H3,(H,23,25)/t21-/m1/s1. The van der Waals surface area contributed by atoms with Gasteiger partial charge >= 0.3 is 0 Å². The molecule has 3 rings (SSSR count). The maximum absolute atomic E-state index is 13.6. The third-order valence-electron chi connectivity index (χ3n) is 4.61. The second-order valence-electron chi connectivity index (χ2n) is 6.50. The van der Waals surface area contributed by atoms with Crippen molar-refractivity contribution in [2.24, 2.45) is 0 Å². The summed E-state index contributed by atoms with van der Waals surface area (Å²) in [6.45, 7) is -0.0673. The van der Waals surface area contributed by atoms with E-state index in [-0.39, 0.29) is 11.4 Å². The van der Waals surface area contributed by atoms with E-state index in [4.69, 9.17) is 4.74 Å². The van der Waals surface area contributed by atoms with Crippen LogP contribution in [0.5, 0.6) is 5.75 Å². The Bertz CT molecular complexity index is 1070. The van der Waals surface area contributed by atoms with Crippen molar-refractivity contribution >= 4 is 15.9 Å². The summed E-state index contributed by atoms with van der Waals surface area (Å²) in [7, 11) is -2.63. The molecule has 0 saturated heterocycles. The zero-order chi connectivity index (χ0) is 21.6. The van der Waals surface area contributed by atoms with Gasteiger partial charge in [-0.1, -0.05) is 60.7 Å². The minimum Gasteiger partial charge on any atom is -0.497 e. The molecule has 30 heavy (non-hydrogen) atoms. The number of hydrogen-bond donors (Lipinski definition) is 2. The minimum atomic E-state index is -4.12. The highest BCUT2D eigenvalue weighted by atomic mass is 32.2. The quantitative estimate of drug-likeness (QED) is 0.426. The number of rotatable bonds is 8. The molecule has 8 heteroatoms. The first-order chi connectivity index (χ1) is 14.5. The van der Waals surface area contributed by atoms with Crippen LogP contribution >= 0.6 is 0 Å². The number of amides is 1. The highest BCUT2D eigenvalue weighted by molar-refractivity contribution is 7.89. The normalized spacial score (nSPS) is 12.4. The van der Waals surface area contributed by atoms with E-state index >= 15 is 0 Å². The molecule has 0 unspecified atom stereocenters. The third kappa shape index (κ3) is 4.68. The predicted molar refractivity (Wildman–Crippen MR) is 111 cm³/mol. The van der Waals surface area contributed by atoms with Gasteiger partial charge in [-0.15, -0.1) is 0 Å². The van der Waals surface area contributed by atoms with Gasteiger partial charge in [-0.3, -0.25) is 10.0 Å². The van der Waals surface area contributed by atoms with Gasteiger partial charge in [-0.25, -0.2) is 13.9 Å². The summed E-state index contributed by atoms with van der Waals surface area (Å²) in [6, 6.07) is 22.0. The van der Waals surface area contributed by atoms with E-state index in [2.05, 4.69) is 0 Å². The molecular formula is C22H22N2O5S. The van der Waals surface area contributed by atoms with Crippen molar-refractivity contribution in [1.82, 2.24) is 9.79 Å². The number of methoxy groups -OCH3 is 1. The van der Waals surface area contributed by atoms with E-state index in [0.717, 1.165) is 4.31 Å². The number of ether oxygens (including phenoxy) is 1. The van der Waals surface area contributed by atoms with Crippen LogP contribution in [0.4, 0.5) is 0 Å². The van der Waals surface area contributed by atoms with Crippen LogP contribution in [0.2, 0.25) is 0 Å². The van der Waals surface area contributed by atoms with Crippen LogP contribution in [-0.4, -0.2) is 30.9 Å². The second-order valence-corrected chi connectivity index (χ2v) is 8.39. The van der Waals surface area contributed by atoms with E-state index < -0.39 is 22.0 Å². The molecule has 0 aromatic heterocycles. The third-order valence-corrected chi connectivity index (χ3v) is 6.43. The number of nitrogens with zero attached hydrogens (tertiary/aromatic N) is 1. The zero-order valence-corrected chi connectivity index (χ0v) is 17.1. The molecule has 3 aromatic rings. The Labute approximate surface area is 175 Å². The van der Waals surface area contributed by atoms with Crippen molar-refractivity contribution in [3.8, 4) is 5.75 Å². The van der Waals surface area contributed by atoms with Gasteiger partial charge in [0, 0.05) is 6.54 Å². The van der Waals surface area contributed by atoms with Gasteiger partial charge in [-0.2, -0.15) is 4.31 Å². The number of benzene rings is 3. The minimum absolute atomic E-state index is 0.00546. The van der Waals surface area contributed by atoms with Gasteiger partial charge < -0.3 is 4.74 Å². The molecule has 0 aliphatic carbocycles. The fourth-order valence-corrected chi connectivity index (χ4v) is 4.67. The first-order valence-corrected chi connectivity index (χ1v) is 10.6. The van der Waals surface area contributed by atoms with Crippen LogP contribution in [0.1, 0.15) is 17.2 Å². The maximum Gasteiger partial charge on any atom is 0.266 e. The first-order valence-electron chi connectivity index (χ1n) is 9.16. The Hall–Kier alpha value is -3.20. The van der Waals surface area contributed by atoms with Crippen LogP contribution < -0.4 is 10.2 Å². The fraction of sp³-hybridized carbons (Fsp3) is 0.136. The SMILES string of the molecule is COc1ccc(S(=O)(=O)N(Cc2ccccc2)[C@@H](C(=O)NO)c2ccccc2)cc1. The van der Waals surface area contributed by atoms with Gasteiger partial charge in [0.2, 0.25) is 10.0 Å². The van der Waals surface area contributed by atoms with Gasteiger partial charge in [-0.05, 0) is 35.4 Å². The van der Waals surface area contributed by atoms with E-state index in [0.29, 0.717) is 16.9 Å². The van der Waals surface area contributed by atoms with E-state index in [1.54, 1.807) is 60.1 Å². The predicted octanol–water partition coefficient (Wildman–Crippen LogP) is 3.13. The number of hydroxylamine groups is 1. The second kappa shape index (κ2) is 9.53. The Kier molecular flexibility index (Phi) is 6.83. The average Bonchev–Trinajstić information content (AvgIpc) is 2.80. The number of nitrogens with one attached hydrogen (secondary N) is 1. The lowest BCUT2D eigenvalue weighted by molar-refractivity contribution is -0.133. The fourth-order valence-electron chi connectivity index (χ4n) is 3.11. The number of carbonyl (C=O) groups excluding carboxylic acids is 1. The van der Waals surface area contributed by atoms with E-state index in [9.17, 15) is 18.4 Å². The highest BCUT2D eigenvalue weighted by Gasteiger charge is 2.37. The van der Waals surface area contributed by atoms with Gasteiger partial charge in [0.25, 0.3) is 5.91 Å². The van der Waals surface area contributed by atoms with Crippen LogP contribution in [-0.2, 0) is 21.4 Å². The molecule has 156 valence electrons. The summed E-state index contributed by atoms with van der Waals surface area (Å²) in [5, 5.41) is 9.35. The first kappa shape index (κ1) is 21.5. The van der Waals surface area contributed by atoms with Crippen molar-refractivity contribution in [3.05, 3.63) is 96.1 Å². The van der Waals surface area contributed by atoms with Crippen LogP contribution in [0.25, 0.3) is 0 Å². The van der Waals surface area contributed by atoms with Gasteiger partial charge in [0.15, 0.2) is 0 Å². The summed E-state index contributed by atoms with van der Waals surface area (Å²) in [5.74, 6) is -0.342. The van der Waals surface area contributed by atoms with Gasteiger partial charge in [0.05, 0.1) is 12.0 Å². The van der Waals surface area contributed by atoms with E-state index in [1.165, 1.54) is 31.4 Å². The topological polar surface area (TPSA) is 95.9 Å². The maximum atomic E-state index is 13.6. The van der Waals surface area contributed by atoms with E-state index in [1.807, 2.05) is 6.07 Å². The van der Waals surface area contributed by atoms with Crippen molar-refractivity contribution < 1.29 is 23.2 Å². The monoisotopic (exact) mass is 426 g/mol. The Morgan fingerprint density at radius 3 is 2.07 bits per heavy atom. The Morgan fingerprint density at radius 1 is 0.967 bits per heavy atom. The molecule has 0 heterocycles. The smallest absolute Gasteiger partial charge is 0.266 e. The molecule has 2 N–H and O–H groups in total. The number of carbonyl (C=O) groups is 1. The van der Waals surface area contributed by atoms with Crippen LogP contribution in [0.15, 0.2) is 89.8 Å². The molecule has 0 aliphatic heterocycles. The molecule has 0 bridgehead atoms. The summed E-state index contributed by atoms with van der Waals surface area (Å²) in [6.07, 6.45) is 0. The molecule has 1 amide bonds. The molecule has 0 fully saturated rings. The Morgan fingerprint density at radius 2 is 1.53 bits per heavy atom. The largest absolute Gasteiger partial charge is 0.497 e. The van der Waals surface area contributed by atoms with Gasteiger partial charge in [0.1, 0.15) is 11.8 Å². The van der Waals surface area contributed by atoms with Crippen LogP contribution in [0.3, 0.4) is 0 Å². The van der Waals surface area contributed by atoms with Crippen molar-refractivity contribution in [3.63, 3.8) is 0 Å². The van der Waals surface area contributed by atoms with Crippen molar-refractivity contribution in [2.75, 3.05) is 7.11 Å². The zero-order valence-electron chi connectivity index (χ0n) is 16.3. The summed E-state index contributed by atoms with van der Waals surface area (Å²) >= 11 is 0. The molecule has 7 nitrogen and oxygen atoms in total. The van der Waals surface area contributed by atoms with Crippen LogP contribution in [0, 0.1) is 0 Å². The molecule has 0 aliphatic rings. The molecule has 0 spiro atoms. The lowest BCUT2D eigenvalue weighted by atomic mass is 10.1. The average molecular weight is 426 g/mol. The summed E-state index contributed by atoms with van der Waals surface area (Å²) in [4.78, 5) is 12.6. The highest BCUT2D eigenvalue weighted by Crippen LogP contribution is 2.31. The number of sulfonamides is 1. The van der Waals surface area contributed by atoms with Crippen molar-refractivity contribution in [1.29, 1.82) is 0 Å². The summed E-state index contributed by atoms with van der Waals surface area (Å²) < 4.78 is 33.4. The number of hydrogen-bond acceptors (Lipinski definition) is 5. The molecule has 1 atom stereocenters. The Balaban J connectivity index is 2.13. The molecule has 3 aromatic carbocycles. The lowest BCUT2D eigenvalue weighted by Gasteiger charge is -2.30. The molecule has 0 radical (unpaired) electrons. The lowest BCUT2D eigenvalue weighted by Crippen LogP contribution is -2.42. The molecule has 0 saturated carbocycles. The molecular weight excluding hydrogens is 404 g/mol. The summed E-state index contributed by atoms with van der Waals surface area (Å²) in [5.41, 5.74) is 2.73. The van der Waals surface area contributed by atoms with Crippen molar-refractivity contribution in [2.45, 2.75) is 17.5 Å².